The molecule has 3 N–H and O–H groups in total. The smallest absolute Gasteiger partial charge is 0.408 e. The topological polar surface area (TPSA) is 132 Å². The molecule has 0 aliphatic heterocycles. The van der Waals surface area contributed by atoms with E-state index in [1.54, 1.807) is 39.8 Å². The average Bonchev–Trinajstić information content (AvgIpc) is 2.79. The van der Waals surface area contributed by atoms with Gasteiger partial charge in [-0.15, -0.1) is 0 Å². The van der Waals surface area contributed by atoms with Crippen molar-refractivity contribution in [2.45, 2.75) is 78.0 Å². The molecular weight excluding hydrogens is 480 g/mol. The number of nitrogens with zero attached hydrogens (tertiary/aromatic N) is 2. The summed E-state index contributed by atoms with van der Waals surface area (Å²) in [4.78, 5) is 40.8. The summed E-state index contributed by atoms with van der Waals surface area (Å²) in [6, 6.07) is 4.53. The molecule has 1 rings (SSSR count). The van der Waals surface area contributed by atoms with Gasteiger partial charge >= 0.3 is 6.09 Å². The second-order valence-electron chi connectivity index (χ2n) is 9.55. The molecule has 0 aromatic heterocycles. The van der Waals surface area contributed by atoms with Crippen LogP contribution in [0.5, 0.6) is 5.75 Å². The summed E-state index contributed by atoms with van der Waals surface area (Å²) in [5.41, 5.74) is 0.239. The standard InChI is InChI=1S/C26H40N4O5S/c1-7-8-9-14-28-23(32)22(19-10-11-21(31)18(2)17-19)30(15-13-27)24(33)20(12-16-36-6)29-25(34)35-26(3,4)5/h10-11,17,20,22,31H,7-9,12,14-16H2,1-6H3,(H,28,32)(H,29,34). The van der Waals surface area contributed by atoms with Gasteiger partial charge in [0.25, 0.3) is 0 Å². The molecule has 10 heteroatoms. The van der Waals surface area contributed by atoms with Gasteiger partial charge in [0.05, 0.1) is 6.07 Å². The van der Waals surface area contributed by atoms with Crippen LogP contribution >= 0.6 is 11.8 Å². The summed E-state index contributed by atoms with van der Waals surface area (Å²) in [6.07, 6.45) is 4.14. The summed E-state index contributed by atoms with van der Waals surface area (Å²) in [5.74, 6) is -0.362. The Hall–Kier alpha value is -2.93. The first-order valence-corrected chi connectivity index (χ1v) is 13.6. The highest BCUT2D eigenvalue weighted by Crippen LogP contribution is 2.27. The Morgan fingerprint density at radius 2 is 1.94 bits per heavy atom. The van der Waals surface area contributed by atoms with Crippen LogP contribution in [0.4, 0.5) is 4.79 Å². The van der Waals surface area contributed by atoms with Crippen LogP contribution in [0.15, 0.2) is 18.2 Å². The summed E-state index contributed by atoms with van der Waals surface area (Å²) < 4.78 is 5.34. The Labute approximate surface area is 218 Å². The monoisotopic (exact) mass is 520 g/mol. The van der Waals surface area contributed by atoms with Crippen LogP contribution in [0.2, 0.25) is 0 Å². The first-order chi connectivity index (χ1) is 16.9. The SMILES string of the molecule is CCCCCNC(=O)C(c1ccc(O)c(C)c1)N(CC#N)C(=O)C(CCSC)NC(=O)OC(C)(C)C. The molecule has 0 heterocycles. The van der Waals surface area contributed by atoms with Crippen LogP contribution in [-0.2, 0) is 14.3 Å². The molecule has 1 aromatic carbocycles. The van der Waals surface area contributed by atoms with Crippen molar-refractivity contribution in [1.82, 2.24) is 15.5 Å². The van der Waals surface area contributed by atoms with Crippen molar-refractivity contribution in [3.63, 3.8) is 0 Å². The van der Waals surface area contributed by atoms with Crippen LogP contribution in [0.25, 0.3) is 0 Å². The van der Waals surface area contributed by atoms with Crippen molar-refractivity contribution < 1.29 is 24.2 Å². The van der Waals surface area contributed by atoms with Gasteiger partial charge in [-0.2, -0.15) is 17.0 Å². The summed E-state index contributed by atoms with van der Waals surface area (Å²) in [5, 5.41) is 25.1. The van der Waals surface area contributed by atoms with Gasteiger partial charge in [-0.3, -0.25) is 9.59 Å². The number of nitriles is 1. The fraction of sp³-hybridized carbons (Fsp3) is 0.615. The van der Waals surface area contributed by atoms with Crippen LogP contribution in [0.1, 0.15) is 70.5 Å². The van der Waals surface area contributed by atoms with E-state index in [2.05, 4.69) is 17.6 Å². The fourth-order valence-electron chi connectivity index (χ4n) is 3.52. The summed E-state index contributed by atoms with van der Waals surface area (Å²) in [7, 11) is 0. The molecule has 200 valence electrons. The van der Waals surface area contributed by atoms with E-state index in [4.69, 9.17) is 4.74 Å². The van der Waals surface area contributed by atoms with Gasteiger partial charge in [0.2, 0.25) is 11.8 Å². The lowest BCUT2D eigenvalue weighted by molar-refractivity contribution is -0.141. The number of phenols is 1. The maximum absolute atomic E-state index is 13.8. The van der Waals surface area contributed by atoms with Gasteiger partial charge in [0, 0.05) is 6.54 Å². The molecule has 0 saturated heterocycles. The van der Waals surface area contributed by atoms with Gasteiger partial charge in [-0.05, 0) is 75.8 Å². The molecule has 1 aromatic rings. The van der Waals surface area contributed by atoms with Crippen LogP contribution in [0, 0.1) is 18.3 Å². The lowest BCUT2D eigenvalue weighted by Gasteiger charge is -2.33. The first kappa shape index (κ1) is 31.1. The fourth-order valence-corrected chi connectivity index (χ4v) is 3.99. The minimum Gasteiger partial charge on any atom is -0.508 e. The third-order valence-electron chi connectivity index (χ3n) is 5.30. The van der Waals surface area contributed by atoms with E-state index in [1.807, 2.05) is 12.3 Å². The maximum Gasteiger partial charge on any atom is 0.408 e. The van der Waals surface area contributed by atoms with Gasteiger partial charge in [-0.1, -0.05) is 25.8 Å². The quantitative estimate of drug-likeness (QED) is 0.264. The van der Waals surface area contributed by atoms with Gasteiger partial charge in [0.15, 0.2) is 0 Å². The third kappa shape index (κ3) is 10.4. The number of alkyl carbamates (subject to hydrolysis) is 1. The molecule has 2 unspecified atom stereocenters. The van der Waals surface area contributed by atoms with Gasteiger partial charge < -0.3 is 25.4 Å². The van der Waals surface area contributed by atoms with E-state index >= 15 is 0 Å². The van der Waals surface area contributed by atoms with Crippen molar-refractivity contribution in [3.8, 4) is 11.8 Å². The summed E-state index contributed by atoms with van der Waals surface area (Å²) >= 11 is 1.51. The van der Waals surface area contributed by atoms with Crippen molar-refractivity contribution in [2.24, 2.45) is 0 Å². The molecular formula is C26H40N4O5S. The Kier molecular flexibility index (Phi) is 13.2. The third-order valence-corrected chi connectivity index (χ3v) is 5.94. The van der Waals surface area contributed by atoms with Crippen molar-refractivity contribution in [3.05, 3.63) is 29.3 Å². The maximum atomic E-state index is 13.8. The van der Waals surface area contributed by atoms with E-state index in [0.717, 1.165) is 19.3 Å². The number of rotatable bonds is 13. The molecule has 0 bridgehead atoms. The highest BCUT2D eigenvalue weighted by Gasteiger charge is 2.36. The lowest BCUT2D eigenvalue weighted by Crippen LogP contribution is -2.53. The average molecular weight is 521 g/mol. The summed E-state index contributed by atoms with van der Waals surface area (Å²) in [6.45, 7) is 8.98. The number of ether oxygens (including phenoxy) is 1. The zero-order valence-corrected chi connectivity index (χ0v) is 23.0. The number of carbonyl (C=O) groups excluding carboxylic acids is 3. The Bertz CT molecular complexity index is 926. The van der Waals surface area contributed by atoms with Crippen LogP contribution < -0.4 is 10.6 Å². The van der Waals surface area contributed by atoms with E-state index < -0.39 is 35.6 Å². The Balaban J connectivity index is 3.39. The van der Waals surface area contributed by atoms with Crippen molar-refractivity contribution in [1.29, 1.82) is 5.26 Å². The molecule has 36 heavy (non-hydrogen) atoms. The minimum atomic E-state index is -1.12. The number of aromatic hydroxyl groups is 1. The second-order valence-corrected chi connectivity index (χ2v) is 10.5. The first-order valence-electron chi connectivity index (χ1n) is 12.2. The van der Waals surface area contributed by atoms with E-state index in [9.17, 15) is 24.8 Å². The molecule has 0 aliphatic carbocycles. The number of hydrogen-bond donors (Lipinski definition) is 3. The molecule has 0 saturated carbocycles. The highest BCUT2D eigenvalue weighted by atomic mass is 32.2. The largest absolute Gasteiger partial charge is 0.508 e. The van der Waals surface area contributed by atoms with Crippen molar-refractivity contribution >= 4 is 29.7 Å². The number of nitrogens with one attached hydrogen (secondary N) is 2. The second kappa shape index (κ2) is 15.2. The number of carbonyl (C=O) groups is 3. The molecule has 0 spiro atoms. The Morgan fingerprint density at radius 3 is 2.50 bits per heavy atom. The molecule has 0 fully saturated rings. The molecule has 0 aliphatic rings. The minimum absolute atomic E-state index is 0.0588. The van der Waals surface area contributed by atoms with Crippen molar-refractivity contribution in [2.75, 3.05) is 25.1 Å². The van der Waals surface area contributed by atoms with Gasteiger partial charge in [-0.25, -0.2) is 4.79 Å². The van der Waals surface area contributed by atoms with E-state index in [-0.39, 0.29) is 12.3 Å². The zero-order valence-electron chi connectivity index (χ0n) is 22.2. The van der Waals surface area contributed by atoms with E-state index in [1.165, 1.54) is 22.7 Å². The molecule has 3 amide bonds. The number of aryl methyl sites for hydroxylation is 1. The number of hydrogen-bond acceptors (Lipinski definition) is 7. The normalized spacial score (nSPS) is 12.7. The van der Waals surface area contributed by atoms with E-state index in [0.29, 0.717) is 29.8 Å². The lowest BCUT2D eigenvalue weighted by atomic mass is 10.00. The number of benzene rings is 1. The van der Waals surface area contributed by atoms with Crippen LogP contribution in [-0.4, -0.2) is 64.7 Å². The van der Waals surface area contributed by atoms with Crippen LogP contribution in [0.3, 0.4) is 0 Å². The van der Waals surface area contributed by atoms with Gasteiger partial charge in [0.1, 0.15) is 30.0 Å². The number of unbranched alkanes of at least 4 members (excludes halogenated alkanes) is 2. The molecule has 9 nitrogen and oxygen atoms in total. The number of phenolic OH excluding ortho intramolecular Hbond substituents is 1. The predicted octanol–water partition coefficient (Wildman–Crippen LogP) is 4.05. The predicted molar refractivity (Wildman–Crippen MR) is 142 cm³/mol. The molecule has 2 atom stereocenters. The zero-order chi connectivity index (χ0) is 27.3. The molecule has 0 radical (unpaired) electrons. The Morgan fingerprint density at radius 1 is 1.25 bits per heavy atom. The number of amides is 3. The number of thioether (sulfide) groups is 1. The highest BCUT2D eigenvalue weighted by molar-refractivity contribution is 7.98.